The number of hydrogen-bond donors (Lipinski definition) is 1. The maximum atomic E-state index is 10.9. The molecule has 7 heteroatoms. The second-order valence-corrected chi connectivity index (χ2v) is 3.88. The smallest absolute Gasteiger partial charge is 0.328 e. The van der Waals surface area contributed by atoms with Crippen molar-refractivity contribution in [1.82, 2.24) is 20.2 Å². The first-order valence-electron chi connectivity index (χ1n) is 5.28. The van der Waals surface area contributed by atoms with Gasteiger partial charge in [-0.15, -0.1) is 5.10 Å². The van der Waals surface area contributed by atoms with Gasteiger partial charge in [-0.25, -0.2) is 9.48 Å². The number of carboxylic acid groups (broad SMARTS) is 1. The van der Waals surface area contributed by atoms with Crippen LogP contribution < -0.4 is 0 Å². The third-order valence-corrected chi connectivity index (χ3v) is 2.83. The molecule has 2 heterocycles. The van der Waals surface area contributed by atoms with Crippen molar-refractivity contribution >= 4 is 5.97 Å². The van der Waals surface area contributed by atoms with Gasteiger partial charge in [-0.3, -0.25) is 0 Å². The molecule has 0 saturated carbocycles. The van der Waals surface area contributed by atoms with E-state index in [1.54, 1.807) is 6.92 Å². The van der Waals surface area contributed by atoms with E-state index in [2.05, 4.69) is 15.5 Å². The van der Waals surface area contributed by atoms with Gasteiger partial charge in [0, 0.05) is 19.1 Å². The van der Waals surface area contributed by atoms with Gasteiger partial charge < -0.3 is 9.84 Å². The van der Waals surface area contributed by atoms with Crippen molar-refractivity contribution in [3.63, 3.8) is 0 Å². The minimum atomic E-state index is -0.930. The van der Waals surface area contributed by atoms with Crippen molar-refractivity contribution in [2.45, 2.75) is 31.7 Å². The molecular weight excluding hydrogens is 212 g/mol. The molecule has 1 aliphatic rings. The van der Waals surface area contributed by atoms with Crippen LogP contribution in [0.3, 0.4) is 0 Å². The van der Waals surface area contributed by atoms with Crippen LogP contribution in [0.15, 0.2) is 0 Å². The molecule has 1 atom stereocenters. The third-order valence-electron chi connectivity index (χ3n) is 2.83. The zero-order valence-electron chi connectivity index (χ0n) is 9.04. The summed E-state index contributed by atoms with van der Waals surface area (Å²) < 4.78 is 6.64. The predicted octanol–water partition coefficient (Wildman–Crippen LogP) is 0.213. The average Bonchev–Trinajstić information content (AvgIpc) is 2.77. The fourth-order valence-corrected chi connectivity index (χ4v) is 1.81. The predicted molar refractivity (Wildman–Crippen MR) is 53.0 cm³/mol. The van der Waals surface area contributed by atoms with E-state index in [0.717, 1.165) is 12.8 Å². The normalized spacial score (nSPS) is 19.6. The van der Waals surface area contributed by atoms with E-state index in [1.165, 1.54) is 4.68 Å². The van der Waals surface area contributed by atoms with Crippen LogP contribution in [-0.4, -0.2) is 44.5 Å². The molecule has 0 bridgehead atoms. The Morgan fingerprint density at radius 1 is 1.56 bits per heavy atom. The van der Waals surface area contributed by atoms with Crippen LogP contribution in [0.5, 0.6) is 0 Å². The van der Waals surface area contributed by atoms with Crippen molar-refractivity contribution in [2.24, 2.45) is 0 Å². The molecule has 16 heavy (non-hydrogen) atoms. The highest BCUT2D eigenvalue weighted by atomic mass is 16.5. The Kier molecular flexibility index (Phi) is 3.14. The van der Waals surface area contributed by atoms with Gasteiger partial charge in [0.2, 0.25) is 0 Å². The molecule has 1 N–H and O–H groups in total. The molecule has 0 radical (unpaired) electrons. The number of nitrogens with zero attached hydrogens (tertiary/aromatic N) is 4. The zero-order chi connectivity index (χ0) is 11.5. The molecule has 0 aromatic carbocycles. The zero-order valence-corrected chi connectivity index (χ0v) is 9.04. The molecule has 1 aromatic rings. The number of carbonyl (C=O) groups is 1. The van der Waals surface area contributed by atoms with Gasteiger partial charge in [0.15, 0.2) is 5.82 Å². The van der Waals surface area contributed by atoms with E-state index in [0.29, 0.717) is 19.0 Å². The lowest BCUT2D eigenvalue weighted by Crippen LogP contribution is -2.23. The molecule has 1 saturated heterocycles. The van der Waals surface area contributed by atoms with E-state index in [9.17, 15) is 4.79 Å². The van der Waals surface area contributed by atoms with Crippen molar-refractivity contribution in [3.8, 4) is 0 Å². The summed E-state index contributed by atoms with van der Waals surface area (Å²) in [6.07, 6.45) is 1.68. The molecule has 7 nitrogen and oxygen atoms in total. The standard InChI is InChI=1S/C9H14N4O3/c1-6(9(14)15)13-8(10-11-12-13)7-2-4-16-5-3-7/h6-7H,2-5H2,1H3,(H,14,15). The maximum absolute atomic E-state index is 10.9. The molecular formula is C9H14N4O3. The monoisotopic (exact) mass is 226 g/mol. The Labute approximate surface area is 92.4 Å². The Hall–Kier alpha value is -1.50. The summed E-state index contributed by atoms with van der Waals surface area (Å²) in [5.41, 5.74) is 0. The van der Waals surface area contributed by atoms with Crippen molar-refractivity contribution < 1.29 is 14.6 Å². The number of ether oxygens (including phenoxy) is 1. The van der Waals surface area contributed by atoms with E-state index < -0.39 is 12.0 Å². The minimum absolute atomic E-state index is 0.200. The fraction of sp³-hybridized carbons (Fsp3) is 0.778. The number of tetrazole rings is 1. The van der Waals surface area contributed by atoms with Crippen LogP contribution >= 0.6 is 0 Å². The summed E-state index contributed by atoms with van der Waals surface area (Å²) in [6, 6.07) is -0.729. The van der Waals surface area contributed by atoms with Gasteiger partial charge in [0.05, 0.1) is 0 Å². The molecule has 0 aliphatic carbocycles. The van der Waals surface area contributed by atoms with Gasteiger partial charge in [-0.2, -0.15) is 0 Å². The first kappa shape index (κ1) is 11.0. The first-order chi connectivity index (χ1) is 7.70. The number of aromatic nitrogens is 4. The van der Waals surface area contributed by atoms with E-state index in [4.69, 9.17) is 9.84 Å². The van der Waals surface area contributed by atoms with Crippen molar-refractivity contribution in [2.75, 3.05) is 13.2 Å². The molecule has 1 aromatic heterocycles. The van der Waals surface area contributed by atoms with Crippen LogP contribution in [0.1, 0.15) is 37.5 Å². The Balaban J connectivity index is 2.20. The maximum Gasteiger partial charge on any atom is 0.328 e. The highest BCUT2D eigenvalue weighted by Crippen LogP contribution is 2.25. The molecule has 2 rings (SSSR count). The average molecular weight is 226 g/mol. The Morgan fingerprint density at radius 3 is 2.88 bits per heavy atom. The molecule has 1 unspecified atom stereocenters. The van der Waals surface area contributed by atoms with E-state index in [-0.39, 0.29) is 5.92 Å². The van der Waals surface area contributed by atoms with Crippen LogP contribution in [0.25, 0.3) is 0 Å². The molecule has 88 valence electrons. The Morgan fingerprint density at radius 2 is 2.25 bits per heavy atom. The van der Waals surface area contributed by atoms with Gasteiger partial charge in [-0.1, -0.05) is 0 Å². The quantitative estimate of drug-likeness (QED) is 0.792. The second kappa shape index (κ2) is 4.56. The lowest BCUT2D eigenvalue weighted by Gasteiger charge is -2.21. The summed E-state index contributed by atoms with van der Waals surface area (Å²) in [7, 11) is 0. The van der Waals surface area contributed by atoms with Crippen molar-refractivity contribution in [1.29, 1.82) is 0 Å². The highest BCUT2D eigenvalue weighted by Gasteiger charge is 2.26. The van der Waals surface area contributed by atoms with E-state index in [1.807, 2.05) is 0 Å². The van der Waals surface area contributed by atoms with Crippen LogP contribution in [0.4, 0.5) is 0 Å². The van der Waals surface area contributed by atoms with Gasteiger partial charge in [0.1, 0.15) is 6.04 Å². The number of hydrogen-bond acceptors (Lipinski definition) is 5. The van der Waals surface area contributed by atoms with Crippen molar-refractivity contribution in [3.05, 3.63) is 5.82 Å². The van der Waals surface area contributed by atoms with Crippen LogP contribution in [0.2, 0.25) is 0 Å². The minimum Gasteiger partial charge on any atom is -0.480 e. The molecule has 0 spiro atoms. The largest absolute Gasteiger partial charge is 0.480 e. The lowest BCUT2D eigenvalue weighted by molar-refractivity contribution is -0.140. The molecule has 1 aliphatic heterocycles. The number of carboxylic acids is 1. The Bertz CT molecular complexity index is 373. The van der Waals surface area contributed by atoms with Crippen LogP contribution in [0, 0.1) is 0 Å². The van der Waals surface area contributed by atoms with Gasteiger partial charge in [0.25, 0.3) is 0 Å². The number of rotatable bonds is 3. The fourth-order valence-electron chi connectivity index (χ4n) is 1.81. The lowest BCUT2D eigenvalue weighted by atomic mass is 9.99. The van der Waals surface area contributed by atoms with E-state index >= 15 is 0 Å². The van der Waals surface area contributed by atoms with Crippen LogP contribution in [-0.2, 0) is 9.53 Å². The molecule has 1 fully saturated rings. The second-order valence-electron chi connectivity index (χ2n) is 3.88. The summed E-state index contributed by atoms with van der Waals surface area (Å²) in [5, 5.41) is 20.2. The first-order valence-corrected chi connectivity index (χ1v) is 5.28. The summed E-state index contributed by atoms with van der Waals surface area (Å²) in [6.45, 7) is 2.93. The summed E-state index contributed by atoms with van der Waals surface area (Å²) in [4.78, 5) is 10.9. The summed E-state index contributed by atoms with van der Waals surface area (Å²) >= 11 is 0. The number of aliphatic carboxylic acids is 1. The highest BCUT2D eigenvalue weighted by molar-refractivity contribution is 5.71. The summed E-state index contributed by atoms with van der Waals surface area (Å²) in [5.74, 6) is -0.0793. The SMILES string of the molecule is CC(C(=O)O)n1nnnc1C1CCOCC1. The topological polar surface area (TPSA) is 90.1 Å². The van der Waals surface area contributed by atoms with Gasteiger partial charge in [-0.05, 0) is 30.2 Å². The third kappa shape index (κ3) is 2.04. The molecule has 0 amide bonds. The van der Waals surface area contributed by atoms with Gasteiger partial charge >= 0.3 is 5.97 Å².